The van der Waals surface area contributed by atoms with E-state index in [0.717, 1.165) is 43.8 Å². The lowest BCUT2D eigenvalue weighted by atomic mass is 10.1. The summed E-state index contributed by atoms with van der Waals surface area (Å²) in [5.74, 6) is 0.646. The minimum atomic E-state index is 0.646. The second-order valence-corrected chi connectivity index (χ2v) is 9.38. The molecule has 6 rings (SSSR count). The van der Waals surface area contributed by atoms with Crippen molar-refractivity contribution in [1.82, 2.24) is 20.3 Å². The van der Waals surface area contributed by atoms with Crippen molar-refractivity contribution in [2.75, 3.05) is 4.90 Å². The van der Waals surface area contributed by atoms with Gasteiger partial charge >= 0.3 is 0 Å². The van der Waals surface area contributed by atoms with Gasteiger partial charge in [0.1, 0.15) is 5.03 Å². The standard InChI is InChI=1S/C31H23N5S/c1-4-10-24(11-5-1)30-31(36(26-12-6-2-7-13-26)27-14-8-3-9-15-27)37-29(35-30)20-28-33-21-25(22-34-28)23-16-18-32-19-17-23/h1-22,35H/b29-20+. The minimum Gasteiger partial charge on any atom is -0.347 e. The van der Waals surface area contributed by atoms with Crippen LogP contribution in [0.4, 0.5) is 11.4 Å². The van der Waals surface area contributed by atoms with Gasteiger partial charge in [-0.3, -0.25) is 4.98 Å². The molecule has 5 aromatic rings. The predicted molar refractivity (Wildman–Crippen MR) is 152 cm³/mol. The smallest absolute Gasteiger partial charge is 0.154 e. The second kappa shape index (κ2) is 10.5. The molecule has 0 atom stereocenters. The van der Waals surface area contributed by atoms with E-state index in [4.69, 9.17) is 0 Å². The van der Waals surface area contributed by atoms with Gasteiger partial charge in [0, 0.05) is 53.4 Å². The first-order valence-electron chi connectivity index (χ1n) is 11.9. The summed E-state index contributed by atoms with van der Waals surface area (Å²) in [6.07, 6.45) is 9.23. The zero-order valence-corrected chi connectivity index (χ0v) is 20.7. The Bertz CT molecular complexity index is 1500. The van der Waals surface area contributed by atoms with E-state index in [1.165, 1.54) is 0 Å². The maximum atomic E-state index is 4.61. The van der Waals surface area contributed by atoms with Crippen LogP contribution in [0.15, 0.2) is 138 Å². The van der Waals surface area contributed by atoms with E-state index < -0.39 is 0 Å². The fourth-order valence-corrected chi connectivity index (χ4v) is 5.24. The topological polar surface area (TPSA) is 53.9 Å². The molecule has 3 heterocycles. The average molecular weight is 498 g/mol. The molecule has 178 valence electrons. The van der Waals surface area contributed by atoms with Crippen molar-refractivity contribution in [2.45, 2.75) is 0 Å². The maximum absolute atomic E-state index is 4.61. The van der Waals surface area contributed by atoms with Gasteiger partial charge in [0.15, 0.2) is 5.82 Å². The monoisotopic (exact) mass is 497 g/mol. The Morgan fingerprint density at radius 1 is 0.622 bits per heavy atom. The zero-order chi connectivity index (χ0) is 24.9. The van der Waals surface area contributed by atoms with Crippen LogP contribution in [0.25, 0.3) is 22.9 Å². The van der Waals surface area contributed by atoms with E-state index in [2.05, 4.69) is 98.0 Å². The first-order chi connectivity index (χ1) is 18.3. The number of rotatable bonds is 6. The number of nitrogens with one attached hydrogen (secondary N) is 1. The molecule has 37 heavy (non-hydrogen) atoms. The molecule has 0 amide bonds. The molecule has 1 aliphatic heterocycles. The Kier molecular flexibility index (Phi) is 6.47. The summed E-state index contributed by atoms with van der Waals surface area (Å²) >= 11 is 1.67. The Morgan fingerprint density at radius 2 is 1.19 bits per heavy atom. The molecule has 0 spiro atoms. The van der Waals surface area contributed by atoms with Gasteiger partial charge in [0.05, 0.1) is 10.7 Å². The molecule has 3 aromatic carbocycles. The molecule has 0 unspecified atom stereocenters. The molecule has 0 saturated heterocycles. The maximum Gasteiger partial charge on any atom is 0.154 e. The fraction of sp³-hybridized carbons (Fsp3) is 0. The van der Waals surface area contributed by atoms with E-state index in [0.29, 0.717) is 5.82 Å². The second-order valence-electron chi connectivity index (χ2n) is 8.35. The number of para-hydroxylation sites is 2. The molecule has 0 aliphatic carbocycles. The largest absolute Gasteiger partial charge is 0.347 e. The third kappa shape index (κ3) is 5.01. The van der Waals surface area contributed by atoms with Crippen molar-refractivity contribution in [3.8, 4) is 11.1 Å². The van der Waals surface area contributed by atoms with Crippen molar-refractivity contribution in [2.24, 2.45) is 0 Å². The van der Waals surface area contributed by atoms with Crippen molar-refractivity contribution < 1.29 is 0 Å². The van der Waals surface area contributed by atoms with Crippen molar-refractivity contribution >= 4 is 34.9 Å². The summed E-state index contributed by atoms with van der Waals surface area (Å²) < 4.78 is 0. The Morgan fingerprint density at radius 3 is 1.78 bits per heavy atom. The Balaban J connectivity index is 1.39. The van der Waals surface area contributed by atoms with Crippen LogP contribution in [0, 0.1) is 0 Å². The summed E-state index contributed by atoms with van der Waals surface area (Å²) in [6.45, 7) is 0. The number of pyridine rings is 1. The summed E-state index contributed by atoms with van der Waals surface area (Å²) in [4.78, 5) is 15.6. The molecule has 0 radical (unpaired) electrons. The number of hydrogen-bond donors (Lipinski definition) is 1. The molecular formula is C31H23N5S. The highest BCUT2D eigenvalue weighted by Crippen LogP contribution is 2.45. The first kappa shape index (κ1) is 22.8. The number of aromatic nitrogens is 3. The van der Waals surface area contributed by atoms with Crippen molar-refractivity contribution in [1.29, 1.82) is 0 Å². The lowest BCUT2D eigenvalue weighted by Gasteiger charge is -2.26. The molecular weight excluding hydrogens is 474 g/mol. The van der Waals surface area contributed by atoms with Crippen LogP contribution in [0.3, 0.4) is 0 Å². The summed E-state index contributed by atoms with van der Waals surface area (Å²) in [5.41, 5.74) is 6.33. The highest BCUT2D eigenvalue weighted by Gasteiger charge is 2.28. The Hall–Kier alpha value is -4.68. The number of hydrogen-bond acceptors (Lipinski definition) is 6. The third-order valence-electron chi connectivity index (χ3n) is 5.91. The number of anilines is 2. The molecule has 5 nitrogen and oxygen atoms in total. The first-order valence-corrected chi connectivity index (χ1v) is 12.8. The van der Waals surface area contributed by atoms with Gasteiger partial charge in [0.2, 0.25) is 0 Å². The summed E-state index contributed by atoms with van der Waals surface area (Å²) in [5, 5.41) is 5.69. The zero-order valence-electron chi connectivity index (χ0n) is 19.9. The molecule has 0 fully saturated rings. The van der Waals surface area contributed by atoms with Crippen LogP contribution in [-0.2, 0) is 0 Å². The molecule has 6 heteroatoms. The molecule has 2 aromatic heterocycles. The average Bonchev–Trinajstić information content (AvgIpc) is 3.39. The number of nitrogens with zero attached hydrogens (tertiary/aromatic N) is 4. The molecule has 0 saturated carbocycles. The summed E-state index contributed by atoms with van der Waals surface area (Å²) in [6, 6.07) is 35.2. The molecule has 1 N–H and O–H groups in total. The van der Waals surface area contributed by atoms with E-state index in [1.807, 2.05) is 48.8 Å². The SMILES string of the molecule is C(=C1/NC(c2ccccc2)=C(N(c2ccccc2)c2ccccc2)S1)/c1ncc(-c2ccncc2)cn1. The van der Waals surface area contributed by atoms with Gasteiger partial charge in [-0.25, -0.2) is 9.97 Å². The van der Waals surface area contributed by atoms with E-state index in [9.17, 15) is 0 Å². The van der Waals surface area contributed by atoms with Crippen LogP contribution < -0.4 is 10.2 Å². The van der Waals surface area contributed by atoms with Crippen LogP contribution in [0.2, 0.25) is 0 Å². The lowest BCUT2D eigenvalue weighted by Crippen LogP contribution is -2.15. The van der Waals surface area contributed by atoms with Crippen molar-refractivity contribution in [3.63, 3.8) is 0 Å². The van der Waals surface area contributed by atoms with Gasteiger partial charge in [0.25, 0.3) is 0 Å². The normalized spacial score (nSPS) is 14.0. The van der Waals surface area contributed by atoms with Gasteiger partial charge < -0.3 is 10.2 Å². The van der Waals surface area contributed by atoms with E-state index in [-0.39, 0.29) is 0 Å². The lowest BCUT2D eigenvalue weighted by molar-refractivity contribution is 1.12. The fourth-order valence-electron chi connectivity index (χ4n) is 4.14. The molecule has 0 bridgehead atoms. The van der Waals surface area contributed by atoms with Gasteiger partial charge in [-0.15, -0.1) is 0 Å². The van der Waals surface area contributed by atoms with E-state index >= 15 is 0 Å². The highest BCUT2D eigenvalue weighted by atomic mass is 32.2. The predicted octanol–water partition coefficient (Wildman–Crippen LogP) is 7.34. The van der Waals surface area contributed by atoms with Gasteiger partial charge in [-0.2, -0.15) is 0 Å². The quantitative estimate of drug-likeness (QED) is 0.265. The summed E-state index contributed by atoms with van der Waals surface area (Å²) in [7, 11) is 0. The highest BCUT2D eigenvalue weighted by molar-refractivity contribution is 8.07. The van der Waals surface area contributed by atoms with Crippen LogP contribution in [0.1, 0.15) is 11.4 Å². The van der Waals surface area contributed by atoms with Crippen LogP contribution >= 0.6 is 11.8 Å². The number of thioether (sulfide) groups is 1. The van der Waals surface area contributed by atoms with Crippen molar-refractivity contribution in [3.05, 3.63) is 149 Å². The third-order valence-corrected chi connectivity index (χ3v) is 6.93. The van der Waals surface area contributed by atoms with Crippen LogP contribution in [0.5, 0.6) is 0 Å². The van der Waals surface area contributed by atoms with Gasteiger partial charge in [-0.1, -0.05) is 78.5 Å². The number of benzene rings is 3. The van der Waals surface area contributed by atoms with E-state index in [1.54, 1.807) is 24.2 Å². The Labute approximate surface area is 220 Å². The van der Waals surface area contributed by atoms with Gasteiger partial charge in [-0.05, 0) is 42.0 Å². The minimum absolute atomic E-state index is 0.646. The van der Waals surface area contributed by atoms with Crippen LogP contribution in [-0.4, -0.2) is 15.0 Å². The molecule has 1 aliphatic rings.